The average Bonchev–Trinajstić information content (AvgIpc) is 2.90. The highest BCUT2D eigenvalue weighted by Gasteiger charge is 2.54. The molecule has 3 aliphatic rings. The molecule has 0 N–H and O–H groups in total. The quantitative estimate of drug-likeness (QED) is 0.648. The van der Waals surface area contributed by atoms with Crippen LogP contribution in [0.5, 0.6) is 0 Å². The summed E-state index contributed by atoms with van der Waals surface area (Å²) in [6, 6.07) is 0. The molecular formula is C14H22O. The third-order valence-corrected chi connectivity index (χ3v) is 5.68. The second-order valence-electron chi connectivity index (χ2n) is 6.02. The third kappa shape index (κ3) is 1.31. The second-order valence-corrected chi connectivity index (χ2v) is 6.02. The van der Waals surface area contributed by atoms with Crippen molar-refractivity contribution in [3.05, 3.63) is 0 Å². The number of aldehydes is 1. The number of hydrogen-bond acceptors (Lipinski definition) is 1. The van der Waals surface area contributed by atoms with Crippen LogP contribution in [-0.2, 0) is 4.79 Å². The van der Waals surface area contributed by atoms with Gasteiger partial charge in [-0.1, -0.05) is 6.92 Å². The standard InChI is InChI=1S/C14H22O/c1-2-9(8-15)12-5-6-13-10-3-4-11(7-10)14(12)13/h8-14H,2-7H2,1H3. The van der Waals surface area contributed by atoms with Crippen LogP contribution in [0.1, 0.15) is 45.4 Å². The fraction of sp³-hybridized carbons (Fsp3) is 0.929. The Labute approximate surface area is 92.6 Å². The van der Waals surface area contributed by atoms with Gasteiger partial charge >= 0.3 is 0 Å². The molecule has 1 nitrogen and oxygen atoms in total. The molecule has 0 heterocycles. The molecule has 0 saturated heterocycles. The van der Waals surface area contributed by atoms with Crippen LogP contribution in [0.2, 0.25) is 0 Å². The fourth-order valence-electron chi connectivity index (χ4n) is 5.13. The normalized spacial score (nSPS) is 49.3. The first kappa shape index (κ1) is 9.86. The molecule has 0 aromatic carbocycles. The Balaban J connectivity index is 1.79. The zero-order valence-corrected chi connectivity index (χ0v) is 9.69. The minimum Gasteiger partial charge on any atom is -0.303 e. The van der Waals surface area contributed by atoms with E-state index in [0.717, 1.165) is 36.0 Å². The Kier molecular flexibility index (Phi) is 2.37. The number of rotatable bonds is 3. The lowest BCUT2D eigenvalue weighted by atomic mass is 9.73. The number of carbonyl (C=O) groups is 1. The van der Waals surface area contributed by atoms with Gasteiger partial charge in [-0.3, -0.25) is 0 Å². The van der Waals surface area contributed by atoms with Crippen molar-refractivity contribution < 1.29 is 4.79 Å². The van der Waals surface area contributed by atoms with Crippen molar-refractivity contribution in [2.75, 3.05) is 0 Å². The Morgan fingerprint density at radius 1 is 1.20 bits per heavy atom. The van der Waals surface area contributed by atoms with Gasteiger partial charge in [0.05, 0.1) is 0 Å². The Hall–Kier alpha value is -0.330. The lowest BCUT2D eigenvalue weighted by Gasteiger charge is -2.31. The monoisotopic (exact) mass is 206 g/mol. The summed E-state index contributed by atoms with van der Waals surface area (Å²) < 4.78 is 0. The van der Waals surface area contributed by atoms with Gasteiger partial charge in [-0.05, 0) is 68.1 Å². The van der Waals surface area contributed by atoms with Crippen molar-refractivity contribution in [3.8, 4) is 0 Å². The van der Waals surface area contributed by atoms with Gasteiger partial charge in [0.25, 0.3) is 0 Å². The summed E-state index contributed by atoms with van der Waals surface area (Å²) in [4.78, 5) is 11.1. The minimum atomic E-state index is 0.374. The van der Waals surface area contributed by atoms with E-state index in [1.807, 2.05) is 0 Å². The lowest BCUT2D eigenvalue weighted by molar-refractivity contribution is -0.113. The highest BCUT2D eigenvalue weighted by atomic mass is 16.1. The SMILES string of the molecule is CCC(C=O)C1CCC2C3CCC(C3)C12. The molecule has 6 atom stereocenters. The highest BCUT2D eigenvalue weighted by Crippen LogP contribution is 2.62. The van der Waals surface area contributed by atoms with E-state index in [2.05, 4.69) is 6.92 Å². The molecule has 0 amide bonds. The van der Waals surface area contributed by atoms with Crippen LogP contribution in [0.3, 0.4) is 0 Å². The van der Waals surface area contributed by atoms with E-state index >= 15 is 0 Å². The van der Waals surface area contributed by atoms with Crippen LogP contribution in [0, 0.1) is 35.5 Å². The first-order valence-electron chi connectivity index (χ1n) is 6.80. The van der Waals surface area contributed by atoms with Crippen molar-refractivity contribution in [1.82, 2.24) is 0 Å². The van der Waals surface area contributed by atoms with Crippen LogP contribution in [0.25, 0.3) is 0 Å². The molecule has 3 rings (SSSR count). The number of hydrogen-bond donors (Lipinski definition) is 0. The maximum Gasteiger partial charge on any atom is 0.123 e. The van der Waals surface area contributed by atoms with Gasteiger partial charge < -0.3 is 4.79 Å². The third-order valence-electron chi connectivity index (χ3n) is 5.68. The largest absolute Gasteiger partial charge is 0.303 e. The van der Waals surface area contributed by atoms with Crippen LogP contribution in [-0.4, -0.2) is 6.29 Å². The van der Waals surface area contributed by atoms with E-state index in [9.17, 15) is 4.79 Å². The number of fused-ring (bicyclic) bond motifs is 5. The van der Waals surface area contributed by atoms with Crippen molar-refractivity contribution in [2.45, 2.75) is 45.4 Å². The van der Waals surface area contributed by atoms with E-state index in [1.54, 1.807) is 0 Å². The predicted octanol–water partition coefficient (Wildman–Crippen LogP) is 3.28. The molecule has 2 bridgehead atoms. The van der Waals surface area contributed by atoms with Gasteiger partial charge in [-0.25, -0.2) is 0 Å². The first-order valence-corrected chi connectivity index (χ1v) is 6.80. The molecule has 3 fully saturated rings. The maximum absolute atomic E-state index is 11.1. The zero-order valence-electron chi connectivity index (χ0n) is 9.69. The van der Waals surface area contributed by atoms with Gasteiger partial charge in [0.2, 0.25) is 0 Å². The smallest absolute Gasteiger partial charge is 0.123 e. The van der Waals surface area contributed by atoms with E-state index in [-0.39, 0.29) is 0 Å². The summed E-state index contributed by atoms with van der Waals surface area (Å²) in [5.74, 6) is 5.14. The maximum atomic E-state index is 11.1. The summed E-state index contributed by atoms with van der Waals surface area (Å²) in [5, 5.41) is 0. The summed E-state index contributed by atoms with van der Waals surface area (Å²) in [6.07, 6.45) is 9.56. The molecule has 6 unspecified atom stereocenters. The molecule has 0 aromatic rings. The average molecular weight is 206 g/mol. The summed E-state index contributed by atoms with van der Waals surface area (Å²) in [7, 11) is 0. The molecule has 84 valence electrons. The van der Waals surface area contributed by atoms with Gasteiger partial charge in [-0.2, -0.15) is 0 Å². The van der Waals surface area contributed by atoms with Gasteiger partial charge in [0, 0.05) is 5.92 Å². The van der Waals surface area contributed by atoms with E-state index in [0.29, 0.717) is 5.92 Å². The predicted molar refractivity (Wildman–Crippen MR) is 60.4 cm³/mol. The summed E-state index contributed by atoms with van der Waals surface area (Å²) >= 11 is 0. The summed E-state index contributed by atoms with van der Waals surface area (Å²) in [5.41, 5.74) is 0. The summed E-state index contributed by atoms with van der Waals surface area (Å²) in [6.45, 7) is 2.18. The van der Waals surface area contributed by atoms with Crippen LogP contribution < -0.4 is 0 Å². The Morgan fingerprint density at radius 3 is 2.73 bits per heavy atom. The molecule has 0 spiro atoms. The highest BCUT2D eigenvalue weighted by molar-refractivity contribution is 5.54. The van der Waals surface area contributed by atoms with Crippen LogP contribution in [0.15, 0.2) is 0 Å². The lowest BCUT2D eigenvalue weighted by Crippen LogP contribution is -2.27. The van der Waals surface area contributed by atoms with Crippen molar-refractivity contribution in [3.63, 3.8) is 0 Å². The van der Waals surface area contributed by atoms with Crippen molar-refractivity contribution >= 4 is 6.29 Å². The Bertz CT molecular complexity index is 260. The van der Waals surface area contributed by atoms with Crippen molar-refractivity contribution in [1.29, 1.82) is 0 Å². The number of carbonyl (C=O) groups excluding carboxylic acids is 1. The molecule has 0 radical (unpaired) electrons. The molecule has 15 heavy (non-hydrogen) atoms. The molecular weight excluding hydrogens is 184 g/mol. The second kappa shape index (κ2) is 3.61. The van der Waals surface area contributed by atoms with E-state index in [4.69, 9.17) is 0 Å². The first-order chi connectivity index (χ1) is 7.35. The molecule has 1 heteroatoms. The Morgan fingerprint density at radius 2 is 2.00 bits per heavy atom. The molecule has 3 aliphatic carbocycles. The molecule has 0 aliphatic heterocycles. The van der Waals surface area contributed by atoms with Crippen molar-refractivity contribution in [2.24, 2.45) is 35.5 Å². The molecule has 0 aromatic heterocycles. The van der Waals surface area contributed by atoms with Crippen LogP contribution >= 0.6 is 0 Å². The molecule has 3 saturated carbocycles. The van der Waals surface area contributed by atoms with Crippen LogP contribution in [0.4, 0.5) is 0 Å². The fourth-order valence-corrected chi connectivity index (χ4v) is 5.13. The zero-order chi connectivity index (χ0) is 10.4. The van der Waals surface area contributed by atoms with E-state index < -0.39 is 0 Å². The van der Waals surface area contributed by atoms with Gasteiger partial charge in [-0.15, -0.1) is 0 Å². The van der Waals surface area contributed by atoms with Gasteiger partial charge in [0.1, 0.15) is 6.29 Å². The van der Waals surface area contributed by atoms with Gasteiger partial charge in [0.15, 0.2) is 0 Å². The minimum absolute atomic E-state index is 0.374. The van der Waals surface area contributed by atoms with E-state index in [1.165, 1.54) is 38.4 Å². The topological polar surface area (TPSA) is 17.1 Å².